The molecule has 2 aliphatic rings. The Hall–Kier alpha value is -2.99. The van der Waals surface area contributed by atoms with Crippen LogP contribution in [0.15, 0.2) is 18.2 Å². The smallest absolute Gasteiger partial charge is 0.296 e. The van der Waals surface area contributed by atoms with Crippen LogP contribution in [0.4, 0.5) is 10.2 Å². The lowest BCUT2D eigenvalue weighted by molar-refractivity contribution is 0.0735. The number of pyridine rings is 1. The summed E-state index contributed by atoms with van der Waals surface area (Å²) in [5.41, 5.74) is 0.365. The van der Waals surface area contributed by atoms with E-state index >= 15 is 0 Å². The topological polar surface area (TPSA) is 74.0 Å². The number of aromatic nitrogens is 3. The summed E-state index contributed by atoms with van der Waals surface area (Å²) >= 11 is 0. The number of fused-ring (bicyclic) bond motifs is 1. The summed E-state index contributed by atoms with van der Waals surface area (Å²) < 4.78 is 31.2. The molecule has 2 aromatic heterocycles. The fourth-order valence-electron chi connectivity index (χ4n) is 3.42. The molecule has 2 aromatic rings. The van der Waals surface area contributed by atoms with Crippen molar-refractivity contribution < 1.29 is 18.6 Å². The van der Waals surface area contributed by atoms with Gasteiger partial charge in [0, 0.05) is 24.3 Å². The molecule has 0 radical (unpaired) electrons. The van der Waals surface area contributed by atoms with Crippen molar-refractivity contribution >= 4 is 5.82 Å². The van der Waals surface area contributed by atoms with Crippen molar-refractivity contribution in [2.75, 3.05) is 26.3 Å². The first-order valence-electron chi connectivity index (χ1n) is 9.22. The number of hydrogen-bond donors (Lipinski definition) is 0. The average Bonchev–Trinajstić information content (AvgIpc) is 2.74. The number of ether oxygens (including phenoxy) is 3. The predicted molar refractivity (Wildman–Crippen MR) is 97.1 cm³/mol. The molecule has 146 valence electrons. The highest BCUT2D eigenvalue weighted by atomic mass is 19.1. The standard InChI is InChI=1S/C19H20FN5O3/c1-12(18-14(20)11-15-19(22-18)27-10-9-26-15)25-7-5-13(6-8-25)28-17-4-3-16(21-2)23-24-17/h3-4,11-13H,5-10H2,1H3. The van der Waals surface area contributed by atoms with Gasteiger partial charge in [-0.2, -0.15) is 0 Å². The zero-order valence-corrected chi connectivity index (χ0v) is 15.5. The van der Waals surface area contributed by atoms with Gasteiger partial charge in [0.25, 0.3) is 17.6 Å². The highest BCUT2D eigenvalue weighted by molar-refractivity contribution is 5.37. The van der Waals surface area contributed by atoms with Crippen molar-refractivity contribution in [3.8, 4) is 17.5 Å². The molecular formula is C19H20FN5O3. The molecule has 0 amide bonds. The van der Waals surface area contributed by atoms with Crippen molar-refractivity contribution in [3.05, 3.63) is 41.1 Å². The molecule has 0 bridgehead atoms. The van der Waals surface area contributed by atoms with Crippen LogP contribution in [-0.4, -0.2) is 52.5 Å². The van der Waals surface area contributed by atoms with Gasteiger partial charge >= 0.3 is 0 Å². The van der Waals surface area contributed by atoms with Gasteiger partial charge in [-0.3, -0.25) is 4.90 Å². The zero-order valence-electron chi connectivity index (χ0n) is 15.5. The molecule has 1 fully saturated rings. The van der Waals surface area contributed by atoms with Crippen LogP contribution >= 0.6 is 0 Å². The SMILES string of the molecule is [C-]#[N+]c1ccc(OC2CCN(C(C)c3nc4c(cc3F)OCCO4)CC2)nn1. The van der Waals surface area contributed by atoms with Gasteiger partial charge in [-0.1, -0.05) is 6.57 Å². The van der Waals surface area contributed by atoms with Gasteiger partial charge in [0.05, 0.1) is 11.7 Å². The maximum Gasteiger partial charge on any atom is 0.296 e. The summed E-state index contributed by atoms with van der Waals surface area (Å²) in [4.78, 5) is 9.74. The number of piperidine rings is 1. The van der Waals surface area contributed by atoms with Crippen LogP contribution in [0, 0.1) is 12.4 Å². The fraction of sp³-hybridized carbons (Fsp3) is 0.474. The molecule has 0 aliphatic carbocycles. The van der Waals surface area contributed by atoms with Crippen LogP contribution in [0.25, 0.3) is 4.85 Å². The Morgan fingerprint density at radius 1 is 1.25 bits per heavy atom. The molecule has 4 heterocycles. The Morgan fingerprint density at radius 3 is 2.75 bits per heavy atom. The molecular weight excluding hydrogens is 365 g/mol. The fourth-order valence-corrected chi connectivity index (χ4v) is 3.42. The first-order valence-corrected chi connectivity index (χ1v) is 9.22. The van der Waals surface area contributed by atoms with E-state index in [9.17, 15) is 4.39 Å². The molecule has 4 rings (SSSR count). The molecule has 2 aliphatic heterocycles. The third-order valence-electron chi connectivity index (χ3n) is 4.96. The quantitative estimate of drug-likeness (QED) is 0.749. The van der Waals surface area contributed by atoms with Crippen LogP contribution in [0.2, 0.25) is 0 Å². The molecule has 0 aromatic carbocycles. The van der Waals surface area contributed by atoms with Crippen molar-refractivity contribution in [2.24, 2.45) is 0 Å². The van der Waals surface area contributed by atoms with Crippen LogP contribution < -0.4 is 14.2 Å². The molecule has 0 saturated carbocycles. The highest BCUT2D eigenvalue weighted by Crippen LogP contribution is 2.34. The van der Waals surface area contributed by atoms with E-state index in [1.54, 1.807) is 12.1 Å². The van der Waals surface area contributed by atoms with Crippen LogP contribution in [0.1, 0.15) is 31.5 Å². The summed E-state index contributed by atoms with van der Waals surface area (Å²) in [5, 5.41) is 7.69. The second kappa shape index (κ2) is 7.94. The van der Waals surface area contributed by atoms with Gasteiger partial charge in [-0.25, -0.2) is 9.37 Å². The third-order valence-corrected chi connectivity index (χ3v) is 4.96. The lowest BCUT2D eigenvalue weighted by atomic mass is 10.0. The largest absolute Gasteiger partial charge is 0.484 e. The number of hydrogen-bond acceptors (Lipinski definition) is 7. The van der Waals surface area contributed by atoms with Crippen molar-refractivity contribution in [3.63, 3.8) is 0 Å². The lowest BCUT2D eigenvalue weighted by Gasteiger charge is -2.35. The van der Waals surface area contributed by atoms with E-state index in [1.165, 1.54) is 6.07 Å². The van der Waals surface area contributed by atoms with E-state index < -0.39 is 0 Å². The van der Waals surface area contributed by atoms with Gasteiger partial charge in [0.15, 0.2) is 5.75 Å². The van der Waals surface area contributed by atoms with Crippen molar-refractivity contribution in [1.82, 2.24) is 20.1 Å². The Bertz CT molecular complexity index is 878. The second-order valence-electron chi connectivity index (χ2n) is 6.73. The van der Waals surface area contributed by atoms with Gasteiger partial charge in [0.2, 0.25) is 0 Å². The van der Waals surface area contributed by atoms with E-state index in [2.05, 4.69) is 24.9 Å². The van der Waals surface area contributed by atoms with E-state index in [4.69, 9.17) is 20.8 Å². The van der Waals surface area contributed by atoms with Gasteiger partial charge in [-0.15, -0.1) is 0 Å². The molecule has 1 atom stereocenters. The number of rotatable bonds is 4. The minimum Gasteiger partial charge on any atom is -0.484 e. The van der Waals surface area contributed by atoms with Crippen molar-refractivity contribution in [2.45, 2.75) is 31.9 Å². The third kappa shape index (κ3) is 3.82. The minimum atomic E-state index is -0.384. The summed E-state index contributed by atoms with van der Waals surface area (Å²) in [6.45, 7) is 11.2. The van der Waals surface area contributed by atoms with Crippen LogP contribution in [-0.2, 0) is 0 Å². The summed E-state index contributed by atoms with van der Waals surface area (Å²) in [6.07, 6.45) is 1.57. The van der Waals surface area contributed by atoms with E-state index in [0.717, 1.165) is 25.9 Å². The molecule has 8 nitrogen and oxygen atoms in total. The predicted octanol–water partition coefficient (Wildman–Crippen LogP) is 2.94. The van der Waals surface area contributed by atoms with E-state index in [1.807, 2.05) is 6.92 Å². The molecule has 28 heavy (non-hydrogen) atoms. The van der Waals surface area contributed by atoms with Crippen LogP contribution in [0.3, 0.4) is 0 Å². The summed E-state index contributed by atoms with van der Waals surface area (Å²) in [6, 6.07) is 4.41. The maximum absolute atomic E-state index is 14.5. The van der Waals surface area contributed by atoms with E-state index in [0.29, 0.717) is 36.4 Å². The first kappa shape index (κ1) is 18.4. The Labute approximate surface area is 162 Å². The Kier molecular flexibility index (Phi) is 5.21. The summed E-state index contributed by atoms with van der Waals surface area (Å²) in [7, 11) is 0. The minimum absolute atomic E-state index is 0.00890. The van der Waals surface area contributed by atoms with Crippen molar-refractivity contribution in [1.29, 1.82) is 0 Å². The van der Waals surface area contributed by atoms with Gasteiger partial charge in [-0.05, 0) is 37.0 Å². The average molecular weight is 385 g/mol. The molecule has 9 heteroatoms. The normalized spacial score (nSPS) is 18.3. The number of halogens is 1. The van der Waals surface area contributed by atoms with E-state index in [-0.39, 0.29) is 23.8 Å². The number of nitrogens with zero attached hydrogens (tertiary/aromatic N) is 5. The highest BCUT2D eigenvalue weighted by Gasteiger charge is 2.29. The maximum atomic E-state index is 14.5. The number of likely N-dealkylation sites (tertiary alicyclic amines) is 1. The molecule has 1 saturated heterocycles. The monoisotopic (exact) mass is 385 g/mol. The molecule has 0 N–H and O–H groups in total. The lowest BCUT2D eigenvalue weighted by Crippen LogP contribution is -2.40. The molecule has 0 spiro atoms. The first-order chi connectivity index (χ1) is 13.6. The Balaban J connectivity index is 1.37. The Morgan fingerprint density at radius 2 is 2.04 bits per heavy atom. The van der Waals surface area contributed by atoms with Gasteiger partial charge < -0.3 is 19.1 Å². The van der Waals surface area contributed by atoms with Gasteiger partial charge in [0.1, 0.15) is 25.1 Å². The zero-order chi connectivity index (χ0) is 19.5. The second-order valence-corrected chi connectivity index (χ2v) is 6.73. The molecule has 1 unspecified atom stereocenters. The summed E-state index contributed by atoms with van der Waals surface area (Å²) in [5.74, 6) is 0.986. The van der Waals surface area contributed by atoms with Crippen LogP contribution in [0.5, 0.6) is 17.5 Å².